The summed E-state index contributed by atoms with van der Waals surface area (Å²) in [5.74, 6) is 1.04. The molecule has 4 rings (SSSR count). The number of benzene rings is 1. The molecule has 1 saturated carbocycles. The number of amides is 1. The van der Waals surface area contributed by atoms with E-state index in [4.69, 9.17) is 4.98 Å². The first-order chi connectivity index (χ1) is 12.7. The molecule has 2 aliphatic rings. The van der Waals surface area contributed by atoms with E-state index in [1.54, 1.807) is 0 Å². The van der Waals surface area contributed by atoms with Gasteiger partial charge in [-0.3, -0.25) is 9.78 Å². The second kappa shape index (κ2) is 7.75. The fraction of sp³-hybridized carbons (Fsp3) is 0.545. The molecule has 0 bridgehead atoms. The highest BCUT2D eigenvalue weighted by atomic mass is 16.3. The van der Waals surface area contributed by atoms with Crippen LogP contribution >= 0.6 is 0 Å². The zero-order valence-corrected chi connectivity index (χ0v) is 15.3. The molecule has 1 aliphatic heterocycles. The van der Waals surface area contributed by atoms with Crippen LogP contribution in [0.3, 0.4) is 0 Å². The molecule has 2 heterocycles. The van der Waals surface area contributed by atoms with Crippen LogP contribution < -0.4 is 0 Å². The van der Waals surface area contributed by atoms with Crippen LogP contribution in [0.15, 0.2) is 36.4 Å². The summed E-state index contributed by atoms with van der Waals surface area (Å²) in [4.78, 5) is 19.1. The third-order valence-electron chi connectivity index (χ3n) is 6.13. The van der Waals surface area contributed by atoms with Crippen LogP contribution in [0.25, 0.3) is 10.9 Å². The third-order valence-corrected chi connectivity index (χ3v) is 6.13. The quantitative estimate of drug-likeness (QED) is 0.895. The average Bonchev–Trinajstić information content (AvgIpc) is 3.30. The Morgan fingerprint density at radius 2 is 1.92 bits per heavy atom. The van der Waals surface area contributed by atoms with Gasteiger partial charge in [0.1, 0.15) is 0 Å². The summed E-state index contributed by atoms with van der Waals surface area (Å²) in [6.45, 7) is 1.13. The van der Waals surface area contributed by atoms with E-state index in [1.807, 2.05) is 29.2 Å². The van der Waals surface area contributed by atoms with Gasteiger partial charge in [-0.2, -0.15) is 0 Å². The lowest BCUT2D eigenvalue weighted by Gasteiger charge is -2.17. The number of likely N-dealkylation sites (tertiary alicyclic amines) is 1. The predicted molar refractivity (Wildman–Crippen MR) is 103 cm³/mol. The van der Waals surface area contributed by atoms with Crippen LogP contribution in [0.2, 0.25) is 0 Å². The van der Waals surface area contributed by atoms with E-state index >= 15 is 0 Å². The Hall–Kier alpha value is -1.94. The molecule has 4 nitrogen and oxygen atoms in total. The van der Waals surface area contributed by atoms with Crippen molar-refractivity contribution in [1.82, 2.24) is 9.88 Å². The monoisotopic (exact) mass is 352 g/mol. The van der Waals surface area contributed by atoms with Crippen molar-refractivity contribution >= 4 is 16.8 Å². The van der Waals surface area contributed by atoms with Gasteiger partial charge in [-0.15, -0.1) is 0 Å². The van der Waals surface area contributed by atoms with E-state index in [0.29, 0.717) is 19.5 Å². The third kappa shape index (κ3) is 3.90. The van der Waals surface area contributed by atoms with E-state index in [-0.39, 0.29) is 11.8 Å². The molecule has 1 aliphatic carbocycles. The summed E-state index contributed by atoms with van der Waals surface area (Å²) in [5, 5.41) is 11.6. The van der Waals surface area contributed by atoms with Gasteiger partial charge in [0.05, 0.1) is 11.6 Å². The van der Waals surface area contributed by atoms with Crippen LogP contribution in [0.4, 0.5) is 0 Å². The number of fused-ring (bicyclic) bond motifs is 1. The maximum Gasteiger partial charge on any atom is 0.222 e. The van der Waals surface area contributed by atoms with Crippen LogP contribution in [-0.4, -0.2) is 40.1 Å². The molecular weight excluding hydrogens is 324 g/mol. The molecule has 1 aromatic carbocycles. The molecule has 26 heavy (non-hydrogen) atoms. The van der Waals surface area contributed by atoms with Gasteiger partial charge in [-0.25, -0.2) is 0 Å². The van der Waals surface area contributed by atoms with Crippen molar-refractivity contribution in [3.63, 3.8) is 0 Å². The van der Waals surface area contributed by atoms with Gasteiger partial charge >= 0.3 is 0 Å². The largest absolute Gasteiger partial charge is 0.391 e. The normalized spacial score (nSPS) is 23.8. The minimum absolute atomic E-state index is 0.0825. The van der Waals surface area contributed by atoms with Gasteiger partial charge < -0.3 is 10.0 Å². The second-order valence-corrected chi connectivity index (χ2v) is 8.01. The van der Waals surface area contributed by atoms with Crippen molar-refractivity contribution in [2.24, 2.45) is 11.8 Å². The number of carbonyl (C=O) groups is 1. The van der Waals surface area contributed by atoms with Crippen LogP contribution in [0.5, 0.6) is 0 Å². The minimum atomic E-state index is -0.446. The van der Waals surface area contributed by atoms with E-state index in [2.05, 4.69) is 12.1 Å². The van der Waals surface area contributed by atoms with E-state index in [9.17, 15) is 9.90 Å². The van der Waals surface area contributed by atoms with Crippen molar-refractivity contribution in [1.29, 1.82) is 0 Å². The fourth-order valence-electron chi connectivity index (χ4n) is 4.53. The first kappa shape index (κ1) is 17.5. The Morgan fingerprint density at radius 3 is 2.77 bits per heavy atom. The van der Waals surface area contributed by atoms with Gasteiger partial charge in [0.25, 0.3) is 0 Å². The molecule has 0 radical (unpaired) electrons. The summed E-state index contributed by atoms with van der Waals surface area (Å²) in [5.41, 5.74) is 1.98. The van der Waals surface area contributed by atoms with Crippen molar-refractivity contribution in [2.75, 3.05) is 13.1 Å². The lowest BCUT2D eigenvalue weighted by atomic mass is 9.99. The smallest absolute Gasteiger partial charge is 0.222 e. The molecule has 2 atom stereocenters. The highest BCUT2D eigenvalue weighted by Gasteiger charge is 2.34. The maximum absolute atomic E-state index is 12.5. The number of para-hydroxylation sites is 1. The summed E-state index contributed by atoms with van der Waals surface area (Å²) >= 11 is 0. The average molecular weight is 352 g/mol. The molecule has 2 aromatic rings. The lowest BCUT2D eigenvalue weighted by Crippen LogP contribution is -2.29. The summed E-state index contributed by atoms with van der Waals surface area (Å²) in [6.07, 6.45) is 7.14. The zero-order chi connectivity index (χ0) is 17.9. The molecule has 2 fully saturated rings. The summed E-state index contributed by atoms with van der Waals surface area (Å²) in [7, 11) is 0. The fourth-order valence-corrected chi connectivity index (χ4v) is 4.53. The molecule has 1 aromatic heterocycles. The van der Waals surface area contributed by atoms with Crippen molar-refractivity contribution < 1.29 is 9.90 Å². The number of pyridine rings is 1. The topological polar surface area (TPSA) is 53.4 Å². The SMILES string of the molecule is O=C(CCC1CCCC1)N1CC(O)C(Cc2ccc3ccccc3n2)C1. The van der Waals surface area contributed by atoms with E-state index in [1.165, 1.54) is 25.7 Å². The van der Waals surface area contributed by atoms with Gasteiger partial charge in [0.2, 0.25) is 5.91 Å². The number of carbonyl (C=O) groups excluding carboxylic acids is 1. The molecule has 0 spiro atoms. The van der Waals surface area contributed by atoms with E-state index < -0.39 is 6.10 Å². The van der Waals surface area contributed by atoms with Crippen LogP contribution in [-0.2, 0) is 11.2 Å². The Bertz CT molecular complexity index is 770. The van der Waals surface area contributed by atoms with Crippen LogP contribution in [0, 0.1) is 11.8 Å². The van der Waals surface area contributed by atoms with Gasteiger partial charge in [0.15, 0.2) is 0 Å². The number of aliphatic hydroxyl groups is 1. The molecule has 2 unspecified atom stereocenters. The molecule has 138 valence electrons. The Balaban J connectivity index is 1.34. The molecule has 1 amide bonds. The number of nitrogens with zero attached hydrogens (tertiary/aromatic N) is 2. The Morgan fingerprint density at radius 1 is 1.12 bits per heavy atom. The first-order valence-corrected chi connectivity index (χ1v) is 9.99. The minimum Gasteiger partial charge on any atom is -0.391 e. The second-order valence-electron chi connectivity index (χ2n) is 8.01. The highest BCUT2D eigenvalue weighted by Crippen LogP contribution is 2.29. The van der Waals surface area contributed by atoms with Crippen molar-refractivity contribution in [3.05, 3.63) is 42.1 Å². The number of hydrogen-bond acceptors (Lipinski definition) is 3. The number of β-amino-alcohol motifs (C(OH)–C–C–N with tert-alkyl or cyclic N) is 1. The van der Waals surface area contributed by atoms with Crippen molar-refractivity contribution in [3.8, 4) is 0 Å². The van der Waals surface area contributed by atoms with Gasteiger partial charge in [-0.1, -0.05) is 49.9 Å². The maximum atomic E-state index is 12.5. The summed E-state index contributed by atoms with van der Waals surface area (Å²) in [6, 6.07) is 12.2. The van der Waals surface area contributed by atoms with Crippen LogP contribution in [0.1, 0.15) is 44.2 Å². The number of aromatic nitrogens is 1. The van der Waals surface area contributed by atoms with Gasteiger partial charge in [-0.05, 0) is 30.9 Å². The molecule has 1 N–H and O–H groups in total. The lowest BCUT2D eigenvalue weighted by molar-refractivity contribution is -0.130. The van der Waals surface area contributed by atoms with Crippen molar-refractivity contribution in [2.45, 2.75) is 51.0 Å². The molecule has 1 saturated heterocycles. The Labute approximate surface area is 155 Å². The zero-order valence-electron chi connectivity index (χ0n) is 15.3. The standard InChI is InChI=1S/C22H28N2O2/c25-21-15-24(22(26)12-9-16-5-1-2-6-16)14-18(21)13-19-11-10-17-7-3-4-8-20(17)23-19/h3-4,7-8,10-11,16,18,21,25H,1-2,5-6,9,12-15H2. The number of rotatable bonds is 5. The Kier molecular flexibility index (Phi) is 5.21. The molecule has 4 heteroatoms. The first-order valence-electron chi connectivity index (χ1n) is 9.99. The summed E-state index contributed by atoms with van der Waals surface area (Å²) < 4.78 is 0. The molecular formula is C22H28N2O2. The van der Waals surface area contributed by atoms with Gasteiger partial charge in [0, 0.05) is 36.5 Å². The van der Waals surface area contributed by atoms with E-state index in [0.717, 1.165) is 35.4 Å². The number of hydrogen-bond donors (Lipinski definition) is 1. The number of aliphatic hydroxyl groups excluding tert-OH is 1. The predicted octanol–water partition coefficient (Wildman–Crippen LogP) is 3.57. The highest BCUT2D eigenvalue weighted by molar-refractivity contribution is 5.78.